The molecular weight excluding hydrogens is 479 g/mol. The fourth-order valence-electron chi connectivity index (χ4n) is 2.66. The van der Waals surface area contributed by atoms with Gasteiger partial charge in [0.05, 0.1) is 28.2 Å². The van der Waals surface area contributed by atoms with Crippen LogP contribution in [0.5, 0.6) is 0 Å². The van der Waals surface area contributed by atoms with E-state index >= 15 is 4.39 Å². The van der Waals surface area contributed by atoms with Crippen LogP contribution in [0.15, 0.2) is 47.9 Å². The minimum atomic E-state index is -0.711. The van der Waals surface area contributed by atoms with Crippen LogP contribution in [0.3, 0.4) is 0 Å². The molecule has 2 N–H and O–H groups in total. The monoisotopic (exact) mass is 494 g/mol. The van der Waals surface area contributed by atoms with Crippen molar-refractivity contribution in [2.45, 2.75) is 6.92 Å². The van der Waals surface area contributed by atoms with Gasteiger partial charge in [-0.05, 0) is 31.2 Å². The van der Waals surface area contributed by atoms with Crippen molar-refractivity contribution in [2.75, 3.05) is 18.5 Å². The third-order valence-corrected chi connectivity index (χ3v) is 4.90. The number of anilines is 2. The maximum Gasteiger partial charge on any atom is 0.277 e. The number of carbonyl (C=O) groups excluding carboxylic acids is 1. The molecule has 0 atom stereocenters. The molecule has 1 amide bonds. The second-order valence-corrected chi connectivity index (χ2v) is 7.36. The third kappa shape index (κ3) is 4.86. The van der Waals surface area contributed by atoms with Gasteiger partial charge in [-0.1, -0.05) is 34.1 Å². The van der Waals surface area contributed by atoms with E-state index < -0.39 is 11.7 Å². The van der Waals surface area contributed by atoms with E-state index in [0.29, 0.717) is 21.8 Å². The van der Waals surface area contributed by atoms with Gasteiger partial charge in [0.25, 0.3) is 5.91 Å². The van der Waals surface area contributed by atoms with Crippen LogP contribution >= 0.6 is 27.5 Å². The Morgan fingerprint density at radius 2 is 2.13 bits per heavy atom. The minimum Gasteiger partial charge on any atom is -0.499 e. The average Bonchev–Trinajstić information content (AvgIpc) is 2.71. The molecule has 1 aromatic heterocycles. The highest BCUT2D eigenvalue weighted by Crippen LogP contribution is 2.34. The van der Waals surface area contributed by atoms with Gasteiger partial charge < -0.3 is 10.1 Å². The summed E-state index contributed by atoms with van der Waals surface area (Å²) in [6.45, 7) is 5.39. The SMILES string of the molecule is C=COCCONC(=O)c1cc2c(C)ncnc2c(F)c1Nc1ccc(Br)cc1Cl. The molecule has 0 saturated heterocycles. The predicted molar refractivity (Wildman–Crippen MR) is 116 cm³/mol. The Bertz CT molecular complexity index is 1110. The molecular formula is C20H17BrClFN4O3. The summed E-state index contributed by atoms with van der Waals surface area (Å²) in [5.74, 6) is -1.37. The number of aromatic nitrogens is 2. The highest BCUT2D eigenvalue weighted by Gasteiger charge is 2.22. The zero-order valence-corrected chi connectivity index (χ0v) is 18.2. The number of rotatable bonds is 8. The number of amides is 1. The molecule has 0 fully saturated rings. The molecule has 0 aliphatic rings. The smallest absolute Gasteiger partial charge is 0.277 e. The van der Waals surface area contributed by atoms with E-state index in [-0.39, 0.29) is 30.0 Å². The van der Waals surface area contributed by atoms with Crippen molar-refractivity contribution in [3.63, 3.8) is 0 Å². The number of nitrogens with zero attached hydrogens (tertiary/aromatic N) is 2. The summed E-state index contributed by atoms with van der Waals surface area (Å²) in [7, 11) is 0. The van der Waals surface area contributed by atoms with Crippen LogP contribution < -0.4 is 10.8 Å². The number of benzene rings is 2. The second-order valence-electron chi connectivity index (χ2n) is 6.03. The van der Waals surface area contributed by atoms with Crippen LogP contribution in [-0.2, 0) is 9.57 Å². The predicted octanol–water partition coefficient (Wildman–Crippen LogP) is 5.06. The number of nitrogens with one attached hydrogen (secondary N) is 2. The van der Waals surface area contributed by atoms with Gasteiger partial charge >= 0.3 is 0 Å². The van der Waals surface area contributed by atoms with Crippen LogP contribution in [-0.4, -0.2) is 29.1 Å². The lowest BCUT2D eigenvalue weighted by Crippen LogP contribution is -2.26. The zero-order valence-electron chi connectivity index (χ0n) is 15.8. The normalized spacial score (nSPS) is 10.7. The fourth-order valence-corrected chi connectivity index (χ4v) is 3.38. The summed E-state index contributed by atoms with van der Waals surface area (Å²) in [4.78, 5) is 25.9. The average molecular weight is 496 g/mol. The van der Waals surface area contributed by atoms with Gasteiger partial charge in [-0.2, -0.15) is 0 Å². The van der Waals surface area contributed by atoms with Crippen molar-refractivity contribution in [1.82, 2.24) is 15.4 Å². The lowest BCUT2D eigenvalue weighted by molar-refractivity contribution is 0.0145. The van der Waals surface area contributed by atoms with E-state index in [2.05, 4.69) is 43.3 Å². The van der Waals surface area contributed by atoms with Gasteiger partial charge in [-0.3, -0.25) is 9.63 Å². The van der Waals surface area contributed by atoms with Crippen molar-refractivity contribution < 1.29 is 18.8 Å². The quantitative estimate of drug-likeness (QED) is 0.258. The number of ether oxygens (including phenoxy) is 1. The van der Waals surface area contributed by atoms with Gasteiger partial charge in [0.2, 0.25) is 0 Å². The first-order valence-electron chi connectivity index (χ1n) is 8.73. The van der Waals surface area contributed by atoms with Crippen molar-refractivity contribution in [1.29, 1.82) is 0 Å². The van der Waals surface area contributed by atoms with Crippen LogP contribution in [0, 0.1) is 12.7 Å². The van der Waals surface area contributed by atoms with Gasteiger partial charge in [0.1, 0.15) is 25.1 Å². The lowest BCUT2D eigenvalue weighted by atomic mass is 10.1. The zero-order chi connectivity index (χ0) is 21.7. The maximum atomic E-state index is 15.4. The van der Waals surface area contributed by atoms with Gasteiger partial charge in [0.15, 0.2) is 5.82 Å². The van der Waals surface area contributed by atoms with Crippen LogP contribution in [0.1, 0.15) is 16.1 Å². The summed E-state index contributed by atoms with van der Waals surface area (Å²) >= 11 is 9.57. The summed E-state index contributed by atoms with van der Waals surface area (Å²) in [5, 5.41) is 3.64. The molecule has 0 saturated carbocycles. The number of aryl methyl sites for hydroxylation is 1. The summed E-state index contributed by atoms with van der Waals surface area (Å²) < 4.78 is 21.1. The standard InChI is InChI=1S/C20H17BrClFN4O3/c1-3-29-6-7-30-27-20(28)14-9-13-11(2)24-10-25-18(13)17(23)19(14)26-16-5-4-12(21)8-15(16)22/h3-5,8-10,26H,1,6-7H2,2H3,(H,27,28). The molecule has 2 aromatic carbocycles. The summed E-state index contributed by atoms with van der Waals surface area (Å²) in [5.41, 5.74) is 3.21. The molecule has 0 spiro atoms. The fraction of sp³-hybridized carbons (Fsp3) is 0.150. The molecule has 7 nitrogen and oxygen atoms in total. The summed E-state index contributed by atoms with van der Waals surface area (Å²) in [6, 6.07) is 6.55. The first-order valence-corrected chi connectivity index (χ1v) is 9.90. The van der Waals surface area contributed by atoms with E-state index in [1.54, 1.807) is 25.1 Å². The number of hydrogen-bond acceptors (Lipinski definition) is 6. The first-order chi connectivity index (χ1) is 14.4. The van der Waals surface area contributed by atoms with Crippen LogP contribution in [0.4, 0.5) is 15.8 Å². The van der Waals surface area contributed by atoms with Crippen molar-refractivity contribution in [2.24, 2.45) is 0 Å². The Hall–Kier alpha value is -2.75. The molecule has 0 unspecified atom stereocenters. The Kier molecular flexibility index (Phi) is 7.20. The van der Waals surface area contributed by atoms with Gasteiger partial charge in [-0.15, -0.1) is 0 Å². The van der Waals surface area contributed by atoms with E-state index in [4.69, 9.17) is 21.2 Å². The highest BCUT2D eigenvalue weighted by atomic mass is 79.9. The number of carbonyl (C=O) groups is 1. The Morgan fingerprint density at radius 1 is 1.33 bits per heavy atom. The topological polar surface area (TPSA) is 85.4 Å². The minimum absolute atomic E-state index is 0.00141. The van der Waals surface area contributed by atoms with E-state index in [1.807, 2.05) is 0 Å². The number of hydroxylamine groups is 1. The Labute approximate surface area is 185 Å². The molecule has 0 aliphatic heterocycles. The largest absolute Gasteiger partial charge is 0.499 e. The highest BCUT2D eigenvalue weighted by molar-refractivity contribution is 9.10. The van der Waals surface area contributed by atoms with Crippen molar-refractivity contribution in [3.05, 3.63) is 70.0 Å². The third-order valence-electron chi connectivity index (χ3n) is 4.09. The second kappa shape index (κ2) is 9.84. The first kappa shape index (κ1) is 21.9. The van der Waals surface area contributed by atoms with E-state index in [9.17, 15) is 4.79 Å². The molecule has 156 valence electrons. The van der Waals surface area contributed by atoms with Crippen LogP contribution in [0.25, 0.3) is 10.9 Å². The maximum absolute atomic E-state index is 15.4. The Balaban J connectivity index is 2.02. The molecule has 1 heterocycles. The van der Waals surface area contributed by atoms with E-state index in [1.165, 1.54) is 18.7 Å². The molecule has 30 heavy (non-hydrogen) atoms. The molecule has 10 heteroatoms. The number of hydrogen-bond donors (Lipinski definition) is 2. The number of fused-ring (bicyclic) bond motifs is 1. The lowest BCUT2D eigenvalue weighted by Gasteiger charge is -2.16. The van der Waals surface area contributed by atoms with E-state index in [0.717, 1.165) is 4.47 Å². The molecule has 3 aromatic rings. The molecule has 3 rings (SSSR count). The number of halogens is 3. The van der Waals surface area contributed by atoms with Gasteiger partial charge in [0, 0.05) is 15.6 Å². The van der Waals surface area contributed by atoms with Crippen molar-refractivity contribution >= 4 is 55.7 Å². The summed E-state index contributed by atoms with van der Waals surface area (Å²) in [6.07, 6.45) is 2.52. The van der Waals surface area contributed by atoms with Crippen LogP contribution in [0.2, 0.25) is 5.02 Å². The Morgan fingerprint density at radius 3 is 2.87 bits per heavy atom. The molecule has 0 aliphatic carbocycles. The van der Waals surface area contributed by atoms with Crippen molar-refractivity contribution in [3.8, 4) is 0 Å². The van der Waals surface area contributed by atoms with Gasteiger partial charge in [-0.25, -0.2) is 19.8 Å². The molecule has 0 bridgehead atoms. The molecule has 0 radical (unpaired) electrons.